The molecule has 2 aliphatic heterocycles. The van der Waals surface area contributed by atoms with Gasteiger partial charge in [0.1, 0.15) is 5.54 Å². The summed E-state index contributed by atoms with van der Waals surface area (Å²) in [6.45, 7) is 6.19. The quantitative estimate of drug-likeness (QED) is 0.727. The van der Waals surface area contributed by atoms with Crippen LogP contribution in [0.3, 0.4) is 0 Å². The van der Waals surface area contributed by atoms with E-state index in [9.17, 15) is 22.8 Å². The van der Waals surface area contributed by atoms with Gasteiger partial charge in [0.05, 0.1) is 4.88 Å². The minimum absolute atomic E-state index is 0.132. The molecule has 0 radical (unpaired) electrons. The molecule has 2 amide bonds. The second kappa shape index (κ2) is 9.38. The molecule has 3 fully saturated rings. The van der Waals surface area contributed by atoms with E-state index in [1.807, 2.05) is 35.2 Å². The fourth-order valence-corrected chi connectivity index (χ4v) is 5.19. The largest absolute Gasteiger partial charge is 0.490 e. The summed E-state index contributed by atoms with van der Waals surface area (Å²) < 4.78 is 31.7. The summed E-state index contributed by atoms with van der Waals surface area (Å²) in [6, 6.07) is 2.00. The maximum atomic E-state index is 13.1. The van der Waals surface area contributed by atoms with E-state index in [1.165, 1.54) is 24.2 Å². The summed E-state index contributed by atoms with van der Waals surface area (Å²) in [6.07, 6.45) is -0.949. The smallest absolute Gasteiger partial charge is 0.475 e. The lowest BCUT2D eigenvalue weighted by molar-refractivity contribution is -0.192. The Morgan fingerprint density at radius 3 is 2.25 bits per heavy atom. The second-order valence-corrected chi connectivity index (χ2v) is 9.59. The molecule has 178 valence electrons. The Hall–Kier alpha value is -2.14. The maximum Gasteiger partial charge on any atom is 0.490 e. The topological polar surface area (TPSA) is 81.2 Å². The van der Waals surface area contributed by atoms with Crippen molar-refractivity contribution in [3.63, 3.8) is 0 Å². The number of likely N-dealkylation sites (N-methyl/N-ethyl adjacent to an activating group) is 1. The van der Waals surface area contributed by atoms with Crippen LogP contribution in [0.5, 0.6) is 0 Å². The average Bonchev–Trinajstić information content (AvgIpc) is 3.46. The van der Waals surface area contributed by atoms with E-state index < -0.39 is 12.1 Å². The van der Waals surface area contributed by atoms with Gasteiger partial charge in [-0.1, -0.05) is 0 Å². The lowest BCUT2D eigenvalue weighted by atomic mass is 9.82. The number of carbonyl (C=O) groups is 3. The van der Waals surface area contributed by atoms with Crippen molar-refractivity contribution in [2.24, 2.45) is 5.92 Å². The van der Waals surface area contributed by atoms with E-state index in [0.717, 1.165) is 48.8 Å². The molecule has 3 aliphatic rings. The van der Waals surface area contributed by atoms with Gasteiger partial charge in [-0.2, -0.15) is 13.2 Å². The Kier molecular flexibility index (Phi) is 7.18. The number of amides is 2. The molecule has 4 rings (SSSR count). The Balaban J connectivity index is 0.000000360. The first-order chi connectivity index (χ1) is 15.0. The fraction of sp³-hybridized carbons (Fsp3) is 0.667. The van der Waals surface area contributed by atoms with Crippen LogP contribution >= 0.6 is 11.3 Å². The third-order valence-corrected chi connectivity index (χ3v) is 7.41. The number of carboxylic acids is 1. The van der Waals surface area contributed by atoms with Gasteiger partial charge < -0.3 is 14.9 Å². The highest BCUT2D eigenvalue weighted by Gasteiger charge is 2.51. The number of aliphatic carboxylic acids is 1. The number of aryl methyl sites for hydroxylation is 1. The third-order valence-electron chi connectivity index (χ3n) is 6.41. The van der Waals surface area contributed by atoms with E-state index in [4.69, 9.17) is 9.90 Å². The van der Waals surface area contributed by atoms with Gasteiger partial charge in [0, 0.05) is 39.8 Å². The number of thiophene rings is 1. The highest BCUT2D eigenvalue weighted by atomic mass is 32.1. The van der Waals surface area contributed by atoms with Crippen LogP contribution in [0.25, 0.3) is 0 Å². The molecule has 0 unspecified atom stereocenters. The summed E-state index contributed by atoms with van der Waals surface area (Å²) in [5, 5.41) is 9.10. The lowest BCUT2D eigenvalue weighted by Crippen LogP contribution is -2.68. The summed E-state index contributed by atoms with van der Waals surface area (Å²) in [7, 11) is 1.92. The molecule has 7 nitrogen and oxygen atoms in total. The first-order valence-electron chi connectivity index (χ1n) is 10.6. The second-order valence-electron chi connectivity index (χ2n) is 8.68. The van der Waals surface area contributed by atoms with Crippen LogP contribution in [0.1, 0.15) is 40.9 Å². The predicted molar refractivity (Wildman–Crippen MR) is 113 cm³/mol. The van der Waals surface area contributed by atoms with E-state index in [2.05, 4.69) is 4.90 Å². The van der Waals surface area contributed by atoms with Gasteiger partial charge in [0.15, 0.2) is 0 Å². The highest BCUT2D eigenvalue weighted by molar-refractivity contribution is 7.12. The molecular weight excluding hydrogens is 447 g/mol. The standard InChI is InChI=1S/C19H27N3O2S.C2HF3O2/c1-14-5-12-25-16(14)17(23)21-8-6-19(7-9-21)18(24)20(2)10-11-22(19)13-15-3-4-15;3-2(4,5)1(6)7/h5,12,15H,3-4,6-11,13H2,1-2H3;(H,6,7). The monoisotopic (exact) mass is 475 g/mol. The van der Waals surface area contributed by atoms with Gasteiger partial charge in [-0.3, -0.25) is 14.5 Å². The fourth-order valence-electron chi connectivity index (χ4n) is 4.30. The van der Waals surface area contributed by atoms with Gasteiger partial charge in [-0.15, -0.1) is 11.3 Å². The highest BCUT2D eigenvalue weighted by Crippen LogP contribution is 2.38. The average molecular weight is 476 g/mol. The summed E-state index contributed by atoms with van der Waals surface area (Å²) in [4.78, 5) is 41.9. The Labute approximate surface area is 188 Å². The van der Waals surface area contributed by atoms with Crippen molar-refractivity contribution in [2.75, 3.05) is 39.8 Å². The SMILES string of the molecule is Cc1ccsc1C(=O)N1CCC2(CC1)C(=O)N(C)CCN2CC1CC1.O=C(O)C(F)(F)F. The Bertz CT molecular complexity index is 861. The van der Waals surface area contributed by atoms with E-state index in [0.29, 0.717) is 13.1 Å². The van der Waals surface area contributed by atoms with Crippen molar-refractivity contribution in [3.05, 3.63) is 21.9 Å². The minimum atomic E-state index is -5.08. The molecule has 0 aromatic carbocycles. The minimum Gasteiger partial charge on any atom is -0.475 e. The molecule has 3 heterocycles. The molecule has 1 aromatic heterocycles. The molecular formula is C21H28F3N3O4S. The van der Waals surface area contributed by atoms with Crippen LogP contribution in [0.2, 0.25) is 0 Å². The normalized spacial score (nSPS) is 21.3. The number of hydrogen-bond donors (Lipinski definition) is 1. The molecule has 1 aromatic rings. The van der Waals surface area contributed by atoms with Crippen LogP contribution in [0.4, 0.5) is 13.2 Å². The predicted octanol–water partition coefficient (Wildman–Crippen LogP) is 2.85. The van der Waals surface area contributed by atoms with Crippen LogP contribution in [0, 0.1) is 12.8 Å². The number of piperidine rings is 1. The number of hydrogen-bond acceptors (Lipinski definition) is 5. The van der Waals surface area contributed by atoms with Crippen molar-refractivity contribution in [3.8, 4) is 0 Å². The molecule has 0 atom stereocenters. The van der Waals surface area contributed by atoms with Gasteiger partial charge in [-0.25, -0.2) is 4.79 Å². The molecule has 1 spiro atoms. The summed E-state index contributed by atoms with van der Waals surface area (Å²) in [5.41, 5.74) is 0.677. The number of carbonyl (C=O) groups excluding carboxylic acids is 2. The van der Waals surface area contributed by atoms with Crippen molar-refractivity contribution in [1.29, 1.82) is 0 Å². The van der Waals surface area contributed by atoms with Crippen molar-refractivity contribution in [1.82, 2.24) is 14.7 Å². The maximum absolute atomic E-state index is 13.1. The van der Waals surface area contributed by atoms with Crippen LogP contribution in [0.15, 0.2) is 11.4 Å². The number of likely N-dealkylation sites (tertiary alicyclic amines) is 1. The molecule has 0 bridgehead atoms. The molecule has 1 N–H and O–H groups in total. The zero-order chi connectivity index (χ0) is 23.7. The molecule has 1 aliphatic carbocycles. The molecule has 1 saturated carbocycles. The van der Waals surface area contributed by atoms with E-state index in [1.54, 1.807) is 0 Å². The van der Waals surface area contributed by atoms with Crippen LogP contribution < -0.4 is 0 Å². The van der Waals surface area contributed by atoms with Crippen LogP contribution in [-0.2, 0) is 9.59 Å². The molecule has 32 heavy (non-hydrogen) atoms. The molecule has 11 heteroatoms. The molecule has 2 saturated heterocycles. The summed E-state index contributed by atoms with van der Waals surface area (Å²) >= 11 is 1.52. The number of carboxylic acid groups (broad SMARTS) is 1. The first kappa shape index (κ1) is 24.5. The summed E-state index contributed by atoms with van der Waals surface area (Å²) in [5.74, 6) is -1.58. The Morgan fingerprint density at radius 2 is 1.78 bits per heavy atom. The van der Waals surface area contributed by atoms with Gasteiger partial charge in [0.25, 0.3) is 5.91 Å². The number of piperazine rings is 1. The van der Waals surface area contributed by atoms with Gasteiger partial charge in [-0.05, 0) is 55.5 Å². The lowest BCUT2D eigenvalue weighted by Gasteiger charge is -2.52. The van der Waals surface area contributed by atoms with Gasteiger partial charge >= 0.3 is 12.1 Å². The van der Waals surface area contributed by atoms with Crippen molar-refractivity contribution < 1.29 is 32.7 Å². The van der Waals surface area contributed by atoms with Gasteiger partial charge in [0.2, 0.25) is 5.91 Å². The first-order valence-corrected chi connectivity index (χ1v) is 11.5. The number of nitrogens with zero attached hydrogens (tertiary/aromatic N) is 3. The van der Waals surface area contributed by atoms with E-state index in [-0.39, 0.29) is 17.4 Å². The zero-order valence-corrected chi connectivity index (χ0v) is 19.0. The van der Waals surface area contributed by atoms with E-state index >= 15 is 0 Å². The number of rotatable bonds is 3. The third kappa shape index (κ3) is 5.25. The van der Waals surface area contributed by atoms with Crippen molar-refractivity contribution in [2.45, 2.75) is 44.3 Å². The zero-order valence-electron chi connectivity index (χ0n) is 18.2. The Morgan fingerprint density at radius 1 is 1.19 bits per heavy atom. The number of halogens is 3. The van der Waals surface area contributed by atoms with Crippen LogP contribution in [-0.4, -0.2) is 89.1 Å². The number of alkyl halides is 3. The van der Waals surface area contributed by atoms with Crippen molar-refractivity contribution >= 4 is 29.1 Å².